The number of benzene rings is 2. The van der Waals surface area contributed by atoms with E-state index in [0.29, 0.717) is 23.2 Å². The summed E-state index contributed by atoms with van der Waals surface area (Å²) in [4.78, 5) is 37.9. The average Bonchev–Trinajstić information content (AvgIpc) is 3.34. The molecule has 1 amide bonds. The molecular formula is C28H28N6O2. The van der Waals surface area contributed by atoms with Gasteiger partial charge in [-0.25, -0.2) is 4.98 Å². The van der Waals surface area contributed by atoms with E-state index >= 15 is 0 Å². The van der Waals surface area contributed by atoms with Crippen molar-refractivity contribution in [2.75, 3.05) is 4.90 Å². The second kappa shape index (κ2) is 10.2. The number of aromatic amines is 1. The lowest BCUT2D eigenvalue weighted by molar-refractivity contribution is -0.123. The topological polar surface area (TPSA) is 107 Å². The number of hydrogen-bond acceptors (Lipinski definition) is 5. The lowest BCUT2D eigenvalue weighted by Crippen LogP contribution is -2.37. The molecule has 8 nitrogen and oxygen atoms in total. The van der Waals surface area contributed by atoms with Gasteiger partial charge in [0.05, 0.1) is 23.9 Å². The van der Waals surface area contributed by atoms with Crippen LogP contribution in [0.3, 0.4) is 0 Å². The summed E-state index contributed by atoms with van der Waals surface area (Å²) in [5.74, 6) is 0.405. The Hall–Kier alpha value is -4.25. The van der Waals surface area contributed by atoms with Gasteiger partial charge in [0.25, 0.3) is 11.3 Å². The molecule has 0 atom stereocenters. The number of fused-ring (bicyclic) bond motifs is 1. The van der Waals surface area contributed by atoms with E-state index < -0.39 is 0 Å². The smallest absolute Gasteiger partial charge is 0.276 e. The van der Waals surface area contributed by atoms with Gasteiger partial charge < -0.3 is 0 Å². The van der Waals surface area contributed by atoms with Gasteiger partial charge in [-0.3, -0.25) is 19.6 Å². The van der Waals surface area contributed by atoms with Crippen LogP contribution in [0.5, 0.6) is 0 Å². The number of aromatic nitrogens is 4. The van der Waals surface area contributed by atoms with E-state index in [1.54, 1.807) is 23.1 Å². The van der Waals surface area contributed by atoms with E-state index in [1.165, 1.54) is 4.52 Å². The van der Waals surface area contributed by atoms with Crippen molar-refractivity contribution in [2.24, 2.45) is 5.92 Å². The van der Waals surface area contributed by atoms with Gasteiger partial charge in [0, 0.05) is 17.9 Å². The third-order valence-corrected chi connectivity index (χ3v) is 6.88. The summed E-state index contributed by atoms with van der Waals surface area (Å²) in [5.41, 5.74) is 3.35. The van der Waals surface area contributed by atoms with Crippen molar-refractivity contribution in [1.29, 1.82) is 5.26 Å². The van der Waals surface area contributed by atoms with Crippen molar-refractivity contribution in [2.45, 2.75) is 52.0 Å². The summed E-state index contributed by atoms with van der Waals surface area (Å²) in [6, 6.07) is 19.1. The van der Waals surface area contributed by atoms with Crippen LogP contribution in [0.15, 0.2) is 59.4 Å². The first-order chi connectivity index (χ1) is 17.5. The van der Waals surface area contributed by atoms with Crippen LogP contribution < -0.4 is 10.5 Å². The number of aryl methyl sites for hydroxylation is 1. The summed E-state index contributed by atoms with van der Waals surface area (Å²) in [6.45, 7) is 2.06. The van der Waals surface area contributed by atoms with Crippen LogP contribution in [0.4, 0.5) is 5.95 Å². The molecule has 0 spiro atoms. The Balaban J connectivity index is 1.55. The molecular weight excluding hydrogens is 452 g/mol. The first-order valence-electron chi connectivity index (χ1n) is 12.4. The van der Waals surface area contributed by atoms with E-state index in [0.717, 1.165) is 43.2 Å². The van der Waals surface area contributed by atoms with E-state index in [9.17, 15) is 14.9 Å². The number of nitrogens with zero attached hydrogens (tertiary/aromatic N) is 5. The fraction of sp³-hybridized carbons (Fsp3) is 0.321. The highest BCUT2D eigenvalue weighted by atomic mass is 16.2. The van der Waals surface area contributed by atoms with Crippen LogP contribution in [-0.4, -0.2) is 25.5 Å². The highest BCUT2D eigenvalue weighted by molar-refractivity contribution is 5.93. The molecule has 1 aliphatic rings. The van der Waals surface area contributed by atoms with Crippen molar-refractivity contribution < 1.29 is 4.79 Å². The third-order valence-electron chi connectivity index (χ3n) is 6.88. The fourth-order valence-corrected chi connectivity index (χ4v) is 4.92. The van der Waals surface area contributed by atoms with E-state index in [2.05, 4.69) is 21.1 Å². The molecule has 0 radical (unpaired) electrons. The molecule has 8 heteroatoms. The molecule has 0 bridgehead atoms. The Bertz CT molecular complexity index is 1490. The molecule has 0 saturated heterocycles. The van der Waals surface area contributed by atoms with Crippen molar-refractivity contribution in [3.8, 4) is 6.07 Å². The minimum absolute atomic E-state index is 0.0228. The van der Waals surface area contributed by atoms with Gasteiger partial charge in [0.1, 0.15) is 0 Å². The predicted molar refractivity (Wildman–Crippen MR) is 137 cm³/mol. The lowest BCUT2D eigenvalue weighted by atomic mass is 9.88. The predicted octanol–water partition coefficient (Wildman–Crippen LogP) is 4.30. The number of nitrogens with one attached hydrogen (secondary N) is 1. The monoisotopic (exact) mass is 480 g/mol. The Labute approximate surface area is 209 Å². The van der Waals surface area contributed by atoms with Gasteiger partial charge >= 0.3 is 0 Å². The maximum Gasteiger partial charge on any atom is 0.277 e. The molecule has 2 aromatic heterocycles. The highest BCUT2D eigenvalue weighted by Gasteiger charge is 2.29. The Morgan fingerprint density at radius 3 is 2.58 bits per heavy atom. The number of carbonyl (C=O) groups excluding carboxylic acids is 1. The number of rotatable bonds is 6. The number of H-pyrrole nitrogens is 1. The minimum atomic E-state index is -0.225. The molecule has 5 rings (SSSR count). The summed E-state index contributed by atoms with van der Waals surface area (Å²) in [6.07, 6.45) is 5.33. The Kier molecular flexibility index (Phi) is 6.63. The van der Waals surface area contributed by atoms with E-state index in [1.807, 2.05) is 43.3 Å². The maximum atomic E-state index is 13.7. The van der Waals surface area contributed by atoms with Gasteiger partial charge in [-0.15, -0.1) is 0 Å². The lowest BCUT2D eigenvalue weighted by Gasteiger charge is -2.27. The maximum absolute atomic E-state index is 13.7. The number of amides is 1. The number of nitriles is 1. The first-order valence-corrected chi connectivity index (χ1v) is 12.4. The van der Waals surface area contributed by atoms with E-state index in [4.69, 9.17) is 0 Å². The molecule has 0 aliphatic heterocycles. The van der Waals surface area contributed by atoms with Gasteiger partial charge in [-0.1, -0.05) is 61.7 Å². The van der Waals surface area contributed by atoms with Gasteiger partial charge in [-0.05, 0) is 43.0 Å². The SMILES string of the molecule is Cc1nc2nc(N(Cc3cccc(C#N)c3)C(=O)C3CCCCC3)[nH]n2c(=O)c1Cc1ccccc1. The van der Waals surface area contributed by atoms with Crippen molar-refractivity contribution in [3.63, 3.8) is 0 Å². The summed E-state index contributed by atoms with van der Waals surface area (Å²) < 4.78 is 1.33. The zero-order chi connectivity index (χ0) is 25.1. The summed E-state index contributed by atoms with van der Waals surface area (Å²) >= 11 is 0. The van der Waals surface area contributed by atoms with Crippen LogP contribution in [0.25, 0.3) is 5.78 Å². The molecule has 4 aromatic rings. The second-order valence-corrected chi connectivity index (χ2v) is 9.40. The van der Waals surface area contributed by atoms with E-state index in [-0.39, 0.29) is 35.7 Å². The Morgan fingerprint density at radius 2 is 1.83 bits per heavy atom. The zero-order valence-electron chi connectivity index (χ0n) is 20.3. The normalized spacial score (nSPS) is 14.0. The zero-order valence-corrected chi connectivity index (χ0v) is 20.3. The van der Waals surface area contributed by atoms with Crippen LogP contribution in [0.1, 0.15) is 60.1 Å². The van der Waals surface area contributed by atoms with Crippen LogP contribution in [0, 0.1) is 24.2 Å². The van der Waals surface area contributed by atoms with Crippen molar-refractivity contribution >= 4 is 17.6 Å². The molecule has 2 heterocycles. The summed E-state index contributed by atoms with van der Waals surface area (Å²) in [7, 11) is 0. The van der Waals surface area contributed by atoms with Gasteiger partial charge in [0.15, 0.2) is 0 Å². The summed E-state index contributed by atoms with van der Waals surface area (Å²) in [5, 5.41) is 12.4. The molecule has 182 valence electrons. The standard InChI is InChI=1S/C28H28N6O2/c1-19-24(16-20-9-4-2-5-10-20)26(36)34-27(30-19)31-28(32-34)33(25(35)23-13-6-3-7-14-23)18-22-12-8-11-21(15-22)17-29/h2,4-5,8-12,15,23H,3,6-7,13-14,16,18H2,1H3,(H,30,31,32). The molecule has 2 aromatic carbocycles. The molecule has 1 aliphatic carbocycles. The molecule has 0 unspecified atom stereocenters. The second-order valence-electron chi connectivity index (χ2n) is 9.40. The number of anilines is 1. The Morgan fingerprint density at radius 1 is 1.08 bits per heavy atom. The third kappa shape index (κ3) is 4.78. The van der Waals surface area contributed by atoms with Crippen molar-refractivity contribution in [3.05, 3.63) is 92.9 Å². The van der Waals surface area contributed by atoms with Gasteiger partial charge in [0.2, 0.25) is 11.9 Å². The fourth-order valence-electron chi connectivity index (χ4n) is 4.92. The molecule has 36 heavy (non-hydrogen) atoms. The number of hydrogen-bond donors (Lipinski definition) is 1. The van der Waals surface area contributed by atoms with Crippen molar-refractivity contribution in [1.82, 2.24) is 19.6 Å². The van der Waals surface area contributed by atoms with Crippen LogP contribution in [-0.2, 0) is 17.8 Å². The number of carbonyl (C=O) groups is 1. The first kappa shape index (κ1) is 23.5. The van der Waals surface area contributed by atoms with Crippen LogP contribution >= 0.6 is 0 Å². The molecule has 1 fully saturated rings. The van der Waals surface area contributed by atoms with Gasteiger partial charge in [-0.2, -0.15) is 14.8 Å². The largest absolute Gasteiger partial charge is 0.277 e. The minimum Gasteiger partial charge on any atom is -0.276 e. The highest BCUT2D eigenvalue weighted by Crippen LogP contribution is 2.28. The molecule has 1 saturated carbocycles. The quantitative estimate of drug-likeness (QED) is 0.443. The van der Waals surface area contributed by atoms with Crippen LogP contribution in [0.2, 0.25) is 0 Å². The average molecular weight is 481 g/mol. The molecule has 1 N–H and O–H groups in total.